The number of carboxylic acid groups (broad SMARTS) is 1. The number of fused-ring (bicyclic) bond motifs is 1. The van der Waals surface area contributed by atoms with Gasteiger partial charge in [0.15, 0.2) is 0 Å². The number of nitrogens with one attached hydrogen (secondary N) is 1. The maximum absolute atomic E-state index is 12.2. The Morgan fingerprint density at radius 3 is 2.81 bits per heavy atom. The minimum atomic E-state index is -1.09. The summed E-state index contributed by atoms with van der Waals surface area (Å²) in [7, 11) is 0. The van der Waals surface area contributed by atoms with E-state index < -0.39 is 5.97 Å². The minimum Gasteiger partial charge on any atom is -0.477 e. The first-order chi connectivity index (χ1) is 10.1. The molecule has 1 aromatic heterocycles. The van der Waals surface area contributed by atoms with Gasteiger partial charge in [0.2, 0.25) is 0 Å². The molecule has 21 heavy (non-hydrogen) atoms. The van der Waals surface area contributed by atoms with Crippen molar-refractivity contribution in [3.63, 3.8) is 0 Å². The molecule has 2 unspecified atom stereocenters. The molecule has 2 saturated heterocycles. The van der Waals surface area contributed by atoms with E-state index in [1.54, 1.807) is 0 Å². The number of hydrogen-bond donors (Lipinski definition) is 2. The molecule has 1 amide bonds. The number of nitrogens with zero attached hydrogens (tertiary/aromatic N) is 2. The Kier molecular flexibility index (Phi) is 3.88. The molecule has 3 rings (SSSR count). The van der Waals surface area contributed by atoms with Crippen molar-refractivity contribution >= 4 is 11.9 Å². The van der Waals surface area contributed by atoms with Crippen LogP contribution >= 0.6 is 0 Å². The predicted molar refractivity (Wildman–Crippen MR) is 76.3 cm³/mol. The van der Waals surface area contributed by atoms with Crippen molar-refractivity contribution < 1.29 is 14.7 Å². The second-order valence-corrected chi connectivity index (χ2v) is 5.70. The van der Waals surface area contributed by atoms with E-state index >= 15 is 0 Å². The molecule has 112 valence electrons. The summed E-state index contributed by atoms with van der Waals surface area (Å²) in [5.74, 6) is -1.26. The molecule has 6 heteroatoms. The number of aromatic nitrogens is 1. The number of amides is 1. The number of pyridine rings is 1. The van der Waals surface area contributed by atoms with Crippen molar-refractivity contribution in [3.8, 4) is 0 Å². The van der Waals surface area contributed by atoms with Crippen LogP contribution in [0.4, 0.5) is 0 Å². The molecule has 2 aliphatic rings. The van der Waals surface area contributed by atoms with Gasteiger partial charge >= 0.3 is 5.97 Å². The number of rotatable bonds is 3. The normalized spacial score (nSPS) is 25.3. The summed E-state index contributed by atoms with van der Waals surface area (Å²) in [5, 5.41) is 11.9. The molecule has 0 saturated carbocycles. The smallest absolute Gasteiger partial charge is 0.354 e. The first-order valence-electron chi connectivity index (χ1n) is 7.39. The van der Waals surface area contributed by atoms with Crippen molar-refractivity contribution in [2.24, 2.45) is 0 Å². The molecule has 3 heterocycles. The first-order valence-corrected chi connectivity index (χ1v) is 7.39. The van der Waals surface area contributed by atoms with Crippen molar-refractivity contribution in [1.82, 2.24) is 15.2 Å². The Balaban J connectivity index is 1.64. The molecule has 2 aliphatic heterocycles. The van der Waals surface area contributed by atoms with Crippen LogP contribution in [0.1, 0.15) is 46.5 Å². The molecule has 1 aromatic rings. The number of carbonyl (C=O) groups is 2. The van der Waals surface area contributed by atoms with E-state index in [9.17, 15) is 9.59 Å². The number of carboxylic acids is 1. The summed E-state index contributed by atoms with van der Waals surface area (Å²) in [4.78, 5) is 29.2. The third-order valence-corrected chi connectivity index (χ3v) is 4.42. The highest BCUT2D eigenvalue weighted by molar-refractivity contribution is 5.95. The quantitative estimate of drug-likeness (QED) is 0.872. The van der Waals surface area contributed by atoms with Crippen LogP contribution < -0.4 is 5.32 Å². The van der Waals surface area contributed by atoms with E-state index in [-0.39, 0.29) is 17.6 Å². The summed E-state index contributed by atoms with van der Waals surface area (Å²) in [6.07, 6.45) is 5.92. The van der Waals surface area contributed by atoms with E-state index in [0.717, 1.165) is 25.9 Å². The molecule has 0 aliphatic carbocycles. The Morgan fingerprint density at radius 2 is 2.10 bits per heavy atom. The van der Waals surface area contributed by atoms with Crippen molar-refractivity contribution in [2.75, 3.05) is 13.1 Å². The largest absolute Gasteiger partial charge is 0.477 e. The highest BCUT2D eigenvalue weighted by atomic mass is 16.4. The summed E-state index contributed by atoms with van der Waals surface area (Å²) >= 11 is 0. The van der Waals surface area contributed by atoms with Gasteiger partial charge < -0.3 is 10.4 Å². The second kappa shape index (κ2) is 5.81. The molecule has 0 radical (unpaired) electrons. The van der Waals surface area contributed by atoms with Crippen LogP contribution in [0.5, 0.6) is 0 Å². The van der Waals surface area contributed by atoms with Gasteiger partial charge in [-0.05, 0) is 37.9 Å². The van der Waals surface area contributed by atoms with Gasteiger partial charge in [0.05, 0.1) is 5.56 Å². The lowest BCUT2D eigenvalue weighted by Gasteiger charge is -2.32. The maximum atomic E-state index is 12.2. The zero-order valence-electron chi connectivity index (χ0n) is 11.8. The molecule has 0 aromatic carbocycles. The van der Waals surface area contributed by atoms with Gasteiger partial charge in [0, 0.05) is 24.8 Å². The third kappa shape index (κ3) is 2.90. The van der Waals surface area contributed by atoms with E-state index in [2.05, 4.69) is 15.2 Å². The summed E-state index contributed by atoms with van der Waals surface area (Å²) in [6, 6.07) is 3.52. The number of aromatic carboxylic acids is 1. The lowest BCUT2D eigenvalue weighted by atomic mass is 9.99. The predicted octanol–water partition coefficient (Wildman–Crippen LogP) is 1.14. The monoisotopic (exact) mass is 289 g/mol. The summed E-state index contributed by atoms with van der Waals surface area (Å²) < 4.78 is 0. The molecule has 2 N–H and O–H groups in total. The van der Waals surface area contributed by atoms with Gasteiger partial charge in [0.25, 0.3) is 5.91 Å². The first kappa shape index (κ1) is 14.0. The molecule has 0 bridgehead atoms. The molecule has 0 spiro atoms. The standard InChI is InChI=1S/C15H19N3O3/c19-14(10-4-5-12(15(20)21)16-9-10)17-11-6-8-18-7-2-1-3-13(11)18/h4-5,9,11,13H,1-3,6-8H2,(H,17,19)(H,20,21). The average Bonchev–Trinajstić information content (AvgIpc) is 2.91. The van der Waals surface area contributed by atoms with Crippen LogP contribution in [0.25, 0.3) is 0 Å². The minimum absolute atomic E-state index is 0.0501. The number of hydrogen-bond acceptors (Lipinski definition) is 4. The molecular formula is C15H19N3O3. The van der Waals surface area contributed by atoms with Crippen LogP contribution in [-0.4, -0.2) is 52.0 Å². The van der Waals surface area contributed by atoms with Gasteiger partial charge in [-0.1, -0.05) is 6.42 Å². The van der Waals surface area contributed by atoms with Crippen molar-refractivity contribution in [2.45, 2.75) is 37.8 Å². The van der Waals surface area contributed by atoms with Crippen LogP contribution in [0.2, 0.25) is 0 Å². The molecule has 6 nitrogen and oxygen atoms in total. The highest BCUT2D eigenvalue weighted by Crippen LogP contribution is 2.27. The maximum Gasteiger partial charge on any atom is 0.354 e. The van der Waals surface area contributed by atoms with E-state index in [1.807, 2.05) is 0 Å². The van der Waals surface area contributed by atoms with Crippen molar-refractivity contribution in [1.29, 1.82) is 0 Å². The SMILES string of the molecule is O=C(NC1CCN2CCCCC12)c1ccc(C(=O)O)nc1. The lowest BCUT2D eigenvalue weighted by molar-refractivity contribution is 0.0689. The van der Waals surface area contributed by atoms with E-state index in [1.165, 1.54) is 31.2 Å². The molecule has 2 fully saturated rings. The van der Waals surface area contributed by atoms with Crippen LogP contribution in [0.3, 0.4) is 0 Å². The zero-order valence-corrected chi connectivity index (χ0v) is 11.8. The van der Waals surface area contributed by atoms with Crippen LogP contribution in [0, 0.1) is 0 Å². The van der Waals surface area contributed by atoms with Crippen LogP contribution in [-0.2, 0) is 0 Å². The summed E-state index contributed by atoms with van der Waals surface area (Å²) in [5.41, 5.74) is 0.361. The van der Waals surface area contributed by atoms with E-state index in [0.29, 0.717) is 11.6 Å². The Morgan fingerprint density at radius 1 is 1.24 bits per heavy atom. The Bertz CT molecular complexity index is 544. The fraction of sp³-hybridized carbons (Fsp3) is 0.533. The fourth-order valence-corrected chi connectivity index (χ4v) is 3.32. The summed E-state index contributed by atoms with van der Waals surface area (Å²) in [6.45, 7) is 2.18. The van der Waals surface area contributed by atoms with Gasteiger partial charge in [0.1, 0.15) is 5.69 Å². The second-order valence-electron chi connectivity index (χ2n) is 5.70. The van der Waals surface area contributed by atoms with Gasteiger partial charge in [-0.3, -0.25) is 9.69 Å². The zero-order chi connectivity index (χ0) is 14.8. The average molecular weight is 289 g/mol. The van der Waals surface area contributed by atoms with Crippen molar-refractivity contribution in [3.05, 3.63) is 29.6 Å². The third-order valence-electron chi connectivity index (χ3n) is 4.42. The fourth-order valence-electron chi connectivity index (χ4n) is 3.32. The van der Waals surface area contributed by atoms with E-state index in [4.69, 9.17) is 5.11 Å². The van der Waals surface area contributed by atoms with Gasteiger partial charge in [-0.15, -0.1) is 0 Å². The number of piperidine rings is 1. The van der Waals surface area contributed by atoms with Gasteiger partial charge in [-0.2, -0.15) is 0 Å². The van der Waals surface area contributed by atoms with Crippen LogP contribution in [0.15, 0.2) is 18.3 Å². The van der Waals surface area contributed by atoms with Gasteiger partial charge in [-0.25, -0.2) is 9.78 Å². The lowest BCUT2D eigenvalue weighted by Crippen LogP contribution is -2.46. The molecular weight excluding hydrogens is 270 g/mol. The number of carbonyl (C=O) groups excluding carboxylic acids is 1. The highest BCUT2D eigenvalue weighted by Gasteiger charge is 2.36. The Hall–Kier alpha value is -1.95. The molecule has 2 atom stereocenters. The Labute approximate surface area is 123 Å². The topological polar surface area (TPSA) is 82.5 Å².